The molecule has 0 amide bonds. The molecule has 3 rings (SSSR count). The molecule has 0 aliphatic heterocycles. The first-order chi connectivity index (χ1) is 10.2. The topological polar surface area (TPSA) is 56.2 Å². The fourth-order valence-corrected chi connectivity index (χ4v) is 2.61. The minimum absolute atomic E-state index is 0.147. The number of carbonyl (C=O) groups excluding carboxylic acids is 1. The number of hydrogen-bond acceptors (Lipinski definition) is 3. The number of benzene rings is 2. The van der Waals surface area contributed by atoms with Gasteiger partial charge in [-0.05, 0) is 30.7 Å². The Kier molecular flexibility index (Phi) is 3.78. The highest BCUT2D eigenvalue weighted by atomic mass is 35.5. The fraction of sp³-hybridized carbons (Fsp3) is 0.118. The van der Waals surface area contributed by atoms with E-state index >= 15 is 0 Å². The lowest BCUT2D eigenvalue weighted by atomic mass is 10.00. The van der Waals surface area contributed by atoms with E-state index in [1.165, 1.54) is 0 Å². The molecule has 2 aromatic carbocycles. The Bertz CT molecular complexity index is 807. The number of carbonyl (C=O) groups is 1. The molecule has 0 unspecified atom stereocenters. The summed E-state index contributed by atoms with van der Waals surface area (Å²) in [7, 11) is 0. The van der Waals surface area contributed by atoms with Crippen molar-refractivity contribution in [2.24, 2.45) is 5.73 Å². The highest BCUT2D eigenvalue weighted by Gasteiger charge is 2.18. The predicted molar refractivity (Wildman–Crippen MR) is 83.9 cm³/mol. The van der Waals surface area contributed by atoms with E-state index in [1.54, 1.807) is 18.2 Å². The summed E-state index contributed by atoms with van der Waals surface area (Å²) in [6.07, 6.45) is 0.656. The van der Waals surface area contributed by atoms with E-state index in [4.69, 9.17) is 21.8 Å². The Hall–Kier alpha value is -2.10. The molecule has 1 heterocycles. The lowest BCUT2D eigenvalue weighted by Gasteiger charge is -2.05. The SMILES string of the molecule is NCCc1ccccc1C(=O)c1cc2cccc(Cl)c2o1. The van der Waals surface area contributed by atoms with Crippen molar-refractivity contribution in [2.45, 2.75) is 6.42 Å². The number of fused-ring (bicyclic) bond motifs is 1. The van der Waals surface area contributed by atoms with Gasteiger partial charge in [-0.1, -0.05) is 48.0 Å². The van der Waals surface area contributed by atoms with E-state index in [1.807, 2.05) is 30.3 Å². The van der Waals surface area contributed by atoms with E-state index in [-0.39, 0.29) is 5.78 Å². The van der Waals surface area contributed by atoms with Gasteiger partial charge in [0.2, 0.25) is 5.78 Å². The first kappa shape index (κ1) is 13.9. The Morgan fingerprint density at radius 3 is 2.71 bits per heavy atom. The third kappa shape index (κ3) is 2.58. The van der Waals surface area contributed by atoms with Gasteiger partial charge in [-0.25, -0.2) is 0 Å². The van der Waals surface area contributed by atoms with Gasteiger partial charge in [-0.15, -0.1) is 0 Å². The van der Waals surface area contributed by atoms with Crippen molar-refractivity contribution in [3.05, 3.63) is 70.4 Å². The first-order valence-electron chi connectivity index (χ1n) is 6.71. The largest absolute Gasteiger partial charge is 0.451 e. The maximum atomic E-state index is 12.6. The summed E-state index contributed by atoms with van der Waals surface area (Å²) in [4.78, 5) is 12.6. The van der Waals surface area contributed by atoms with E-state index in [0.717, 1.165) is 10.9 Å². The van der Waals surface area contributed by atoms with Gasteiger partial charge in [0.15, 0.2) is 11.3 Å². The van der Waals surface area contributed by atoms with Gasteiger partial charge in [0.1, 0.15) is 0 Å². The maximum absolute atomic E-state index is 12.6. The van der Waals surface area contributed by atoms with Gasteiger partial charge in [0, 0.05) is 10.9 Å². The van der Waals surface area contributed by atoms with Crippen LogP contribution < -0.4 is 5.73 Å². The van der Waals surface area contributed by atoms with E-state index in [0.29, 0.717) is 34.9 Å². The van der Waals surface area contributed by atoms with Crippen LogP contribution in [0.2, 0.25) is 5.02 Å². The molecule has 21 heavy (non-hydrogen) atoms. The van der Waals surface area contributed by atoms with E-state index in [2.05, 4.69) is 0 Å². The van der Waals surface area contributed by atoms with Crippen molar-refractivity contribution in [2.75, 3.05) is 6.54 Å². The first-order valence-corrected chi connectivity index (χ1v) is 7.09. The average molecular weight is 300 g/mol. The number of hydrogen-bond donors (Lipinski definition) is 1. The Morgan fingerprint density at radius 1 is 1.14 bits per heavy atom. The summed E-state index contributed by atoms with van der Waals surface area (Å²) < 4.78 is 5.64. The maximum Gasteiger partial charge on any atom is 0.228 e. The van der Waals surface area contributed by atoms with Crippen LogP contribution >= 0.6 is 11.6 Å². The number of rotatable bonds is 4. The molecule has 0 spiro atoms. The van der Waals surface area contributed by atoms with Crippen LogP contribution in [0, 0.1) is 0 Å². The molecule has 2 N–H and O–H groups in total. The van der Waals surface area contributed by atoms with Crippen molar-refractivity contribution < 1.29 is 9.21 Å². The second-order valence-electron chi connectivity index (χ2n) is 4.79. The zero-order valence-corrected chi connectivity index (χ0v) is 12.1. The van der Waals surface area contributed by atoms with E-state index < -0.39 is 0 Å². The van der Waals surface area contributed by atoms with Gasteiger partial charge in [-0.3, -0.25) is 4.79 Å². The molecule has 0 saturated carbocycles. The van der Waals surface area contributed by atoms with E-state index in [9.17, 15) is 4.79 Å². The summed E-state index contributed by atoms with van der Waals surface area (Å²) in [6.45, 7) is 0.496. The van der Waals surface area contributed by atoms with Crippen LogP contribution in [0.4, 0.5) is 0 Å². The molecule has 4 heteroatoms. The van der Waals surface area contributed by atoms with Gasteiger partial charge in [-0.2, -0.15) is 0 Å². The van der Waals surface area contributed by atoms with Crippen molar-refractivity contribution in [3.8, 4) is 0 Å². The van der Waals surface area contributed by atoms with Crippen molar-refractivity contribution in [1.29, 1.82) is 0 Å². The smallest absolute Gasteiger partial charge is 0.228 e. The standard InChI is InChI=1S/C17H14ClNO2/c18-14-7-3-5-12-10-15(21-17(12)14)16(20)13-6-2-1-4-11(13)8-9-19/h1-7,10H,8-9,19H2. The normalized spacial score (nSPS) is 11.0. The van der Waals surface area contributed by atoms with Crippen molar-refractivity contribution >= 4 is 28.4 Å². The molecule has 1 aromatic heterocycles. The number of ketones is 1. The molecule has 0 radical (unpaired) electrons. The quantitative estimate of drug-likeness (QED) is 0.745. The molecule has 0 aliphatic carbocycles. The molecule has 3 aromatic rings. The zero-order valence-electron chi connectivity index (χ0n) is 11.3. The average Bonchev–Trinajstić information content (AvgIpc) is 2.93. The second-order valence-corrected chi connectivity index (χ2v) is 5.20. The number of para-hydroxylation sites is 1. The van der Waals surface area contributed by atoms with Gasteiger partial charge in [0.25, 0.3) is 0 Å². The van der Waals surface area contributed by atoms with Crippen molar-refractivity contribution in [1.82, 2.24) is 0 Å². The number of halogens is 1. The molecular weight excluding hydrogens is 286 g/mol. The minimum Gasteiger partial charge on any atom is -0.451 e. The van der Waals surface area contributed by atoms with Gasteiger partial charge < -0.3 is 10.2 Å². The summed E-state index contributed by atoms with van der Waals surface area (Å²) in [5.41, 5.74) is 7.69. The molecule has 0 fully saturated rings. The second kappa shape index (κ2) is 5.72. The van der Waals surface area contributed by atoms with Crippen molar-refractivity contribution in [3.63, 3.8) is 0 Å². The highest BCUT2D eigenvalue weighted by Crippen LogP contribution is 2.28. The fourth-order valence-electron chi connectivity index (χ4n) is 2.39. The van der Waals surface area contributed by atoms with Crippen LogP contribution in [-0.2, 0) is 6.42 Å². The lowest BCUT2D eigenvalue weighted by molar-refractivity contribution is 0.101. The van der Waals surface area contributed by atoms with Crippen LogP contribution in [0.1, 0.15) is 21.7 Å². The highest BCUT2D eigenvalue weighted by molar-refractivity contribution is 6.35. The van der Waals surface area contributed by atoms with Crippen LogP contribution in [0.25, 0.3) is 11.0 Å². The number of nitrogens with two attached hydrogens (primary N) is 1. The molecule has 3 nitrogen and oxygen atoms in total. The Balaban J connectivity index is 2.06. The zero-order chi connectivity index (χ0) is 14.8. The molecule has 0 aliphatic rings. The van der Waals surface area contributed by atoms with Crippen LogP contribution in [-0.4, -0.2) is 12.3 Å². The Morgan fingerprint density at radius 2 is 1.95 bits per heavy atom. The summed E-state index contributed by atoms with van der Waals surface area (Å²) in [5, 5.41) is 1.32. The number of furan rings is 1. The summed E-state index contributed by atoms with van der Waals surface area (Å²) >= 11 is 6.08. The third-order valence-electron chi connectivity index (χ3n) is 3.40. The lowest BCUT2D eigenvalue weighted by Crippen LogP contribution is -2.09. The van der Waals surface area contributed by atoms with Crippen LogP contribution in [0.3, 0.4) is 0 Å². The summed E-state index contributed by atoms with van der Waals surface area (Å²) in [6, 6.07) is 14.6. The van der Waals surface area contributed by atoms with Gasteiger partial charge >= 0.3 is 0 Å². The molecular formula is C17H14ClNO2. The van der Waals surface area contributed by atoms with Gasteiger partial charge in [0.05, 0.1) is 5.02 Å². The summed E-state index contributed by atoms with van der Waals surface area (Å²) in [5.74, 6) is 0.147. The third-order valence-corrected chi connectivity index (χ3v) is 3.69. The molecule has 106 valence electrons. The van der Waals surface area contributed by atoms with Crippen LogP contribution in [0.15, 0.2) is 52.9 Å². The molecule has 0 saturated heterocycles. The monoisotopic (exact) mass is 299 g/mol. The predicted octanol–water partition coefficient (Wildman–Crippen LogP) is 3.82. The molecule has 0 bridgehead atoms. The van der Waals surface area contributed by atoms with Crippen LogP contribution in [0.5, 0.6) is 0 Å². The Labute approximate surface area is 127 Å². The molecule has 0 atom stereocenters. The minimum atomic E-state index is -0.147.